The van der Waals surface area contributed by atoms with E-state index in [1.807, 2.05) is 7.05 Å². The summed E-state index contributed by atoms with van der Waals surface area (Å²) in [5, 5.41) is 13.7. The Morgan fingerprint density at radius 3 is 2.95 bits per heavy atom. The number of aromatic amines is 1. The first-order chi connectivity index (χ1) is 8.61. The van der Waals surface area contributed by atoms with Gasteiger partial charge < -0.3 is 15.2 Å². The van der Waals surface area contributed by atoms with Crippen LogP contribution in [-0.2, 0) is 0 Å². The first kappa shape index (κ1) is 15.5. The monoisotopic (exact) mass is 288 g/mol. The van der Waals surface area contributed by atoms with Crippen molar-refractivity contribution in [3.8, 4) is 0 Å². The number of hydrogen-bond acceptors (Lipinski definition) is 4. The third-order valence-corrected chi connectivity index (χ3v) is 3.23. The molecule has 0 spiro atoms. The lowest BCUT2D eigenvalue weighted by molar-refractivity contribution is -0.384. The maximum atomic E-state index is 12.1. The lowest BCUT2D eigenvalue weighted by Gasteiger charge is -2.32. The Morgan fingerprint density at radius 2 is 2.37 bits per heavy atom. The SMILES string of the molecule is CNC1CCCN(C(=O)c2cc([N+](=O)[O-])c[nH]2)C1.Cl. The van der Waals surface area contributed by atoms with Crippen molar-refractivity contribution in [3.63, 3.8) is 0 Å². The van der Waals surface area contributed by atoms with Gasteiger partial charge in [0, 0.05) is 25.2 Å². The van der Waals surface area contributed by atoms with E-state index in [1.165, 1.54) is 12.3 Å². The number of halogens is 1. The van der Waals surface area contributed by atoms with Crippen molar-refractivity contribution in [1.82, 2.24) is 15.2 Å². The summed E-state index contributed by atoms with van der Waals surface area (Å²) >= 11 is 0. The third kappa shape index (κ3) is 3.45. The van der Waals surface area contributed by atoms with Gasteiger partial charge in [-0.2, -0.15) is 0 Å². The van der Waals surface area contributed by atoms with Crippen molar-refractivity contribution in [2.75, 3.05) is 20.1 Å². The number of nitro groups is 1. The van der Waals surface area contributed by atoms with Crippen LogP contribution < -0.4 is 5.32 Å². The van der Waals surface area contributed by atoms with E-state index in [1.54, 1.807) is 4.90 Å². The van der Waals surface area contributed by atoms with Crippen LogP contribution in [0, 0.1) is 10.1 Å². The zero-order valence-corrected chi connectivity index (χ0v) is 11.4. The molecule has 1 fully saturated rings. The normalized spacial score (nSPS) is 18.8. The fraction of sp³-hybridized carbons (Fsp3) is 0.545. The molecule has 1 unspecified atom stereocenters. The molecule has 2 heterocycles. The van der Waals surface area contributed by atoms with Crippen LogP contribution in [0.2, 0.25) is 0 Å². The van der Waals surface area contributed by atoms with E-state index in [-0.39, 0.29) is 29.7 Å². The topological polar surface area (TPSA) is 91.3 Å². The summed E-state index contributed by atoms with van der Waals surface area (Å²) in [6.45, 7) is 1.34. The minimum Gasteiger partial charge on any atom is -0.351 e. The van der Waals surface area contributed by atoms with Crippen LogP contribution in [0.1, 0.15) is 23.3 Å². The molecule has 0 radical (unpaired) electrons. The Hall–Kier alpha value is -1.60. The van der Waals surface area contributed by atoms with Crippen molar-refractivity contribution in [2.24, 2.45) is 0 Å². The van der Waals surface area contributed by atoms with Crippen LogP contribution in [0.5, 0.6) is 0 Å². The fourth-order valence-corrected chi connectivity index (χ4v) is 2.18. The number of rotatable bonds is 3. The van der Waals surface area contributed by atoms with Gasteiger partial charge >= 0.3 is 0 Å². The van der Waals surface area contributed by atoms with Crippen molar-refractivity contribution in [2.45, 2.75) is 18.9 Å². The fourth-order valence-electron chi connectivity index (χ4n) is 2.18. The molecule has 1 atom stereocenters. The summed E-state index contributed by atoms with van der Waals surface area (Å²) in [5.41, 5.74) is 0.193. The molecular formula is C11H17ClN4O3. The van der Waals surface area contributed by atoms with Crippen LogP contribution in [0.25, 0.3) is 0 Å². The molecule has 1 aromatic rings. The van der Waals surface area contributed by atoms with Gasteiger partial charge in [-0.3, -0.25) is 14.9 Å². The molecule has 1 aliphatic rings. The summed E-state index contributed by atoms with van der Waals surface area (Å²) in [6, 6.07) is 1.58. The number of hydrogen-bond donors (Lipinski definition) is 2. The van der Waals surface area contributed by atoms with Gasteiger partial charge in [-0.15, -0.1) is 12.4 Å². The van der Waals surface area contributed by atoms with Gasteiger partial charge in [0.25, 0.3) is 11.6 Å². The molecule has 8 heteroatoms. The quantitative estimate of drug-likeness (QED) is 0.645. The molecule has 106 valence electrons. The summed E-state index contributed by atoms with van der Waals surface area (Å²) in [4.78, 5) is 26.6. The predicted molar refractivity (Wildman–Crippen MR) is 72.7 cm³/mol. The zero-order valence-electron chi connectivity index (χ0n) is 10.6. The second kappa shape index (κ2) is 6.53. The molecule has 0 aromatic carbocycles. The highest BCUT2D eigenvalue weighted by Crippen LogP contribution is 2.17. The lowest BCUT2D eigenvalue weighted by atomic mass is 10.1. The van der Waals surface area contributed by atoms with Crippen molar-refractivity contribution in [1.29, 1.82) is 0 Å². The summed E-state index contributed by atoms with van der Waals surface area (Å²) in [5.74, 6) is -0.178. The van der Waals surface area contributed by atoms with Crippen LogP contribution in [0.4, 0.5) is 5.69 Å². The maximum Gasteiger partial charge on any atom is 0.287 e. The van der Waals surface area contributed by atoms with Crippen LogP contribution in [0.15, 0.2) is 12.3 Å². The Labute approximate surface area is 116 Å². The van der Waals surface area contributed by atoms with Gasteiger partial charge in [0.15, 0.2) is 0 Å². The second-order valence-corrected chi connectivity index (χ2v) is 4.41. The van der Waals surface area contributed by atoms with Crippen molar-refractivity contribution >= 4 is 24.0 Å². The molecule has 1 saturated heterocycles. The third-order valence-electron chi connectivity index (χ3n) is 3.23. The van der Waals surface area contributed by atoms with Crippen LogP contribution >= 0.6 is 12.4 Å². The minimum atomic E-state index is -0.514. The standard InChI is InChI=1S/C11H16N4O3.ClH/c1-12-8-3-2-4-14(7-8)11(16)10-5-9(6-13-10)15(17)18;/h5-6,8,12-13H,2-4,7H2,1H3;1H. The van der Waals surface area contributed by atoms with Gasteiger partial charge in [0.1, 0.15) is 5.69 Å². The van der Waals surface area contributed by atoms with E-state index in [2.05, 4.69) is 10.3 Å². The maximum absolute atomic E-state index is 12.1. The molecule has 2 N–H and O–H groups in total. The largest absolute Gasteiger partial charge is 0.351 e. The first-order valence-corrected chi connectivity index (χ1v) is 5.91. The molecule has 0 saturated carbocycles. The van der Waals surface area contributed by atoms with Gasteiger partial charge in [-0.25, -0.2) is 0 Å². The molecular weight excluding hydrogens is 272 g/mol. The predicted octanol–water partition coefficient (Wildman–Crippen LogP) is 1.17. The zero-order chi connectivity index (χ0) is 13.1. The number of carbonyl (C=O) groups is 1. The molecule has 19 heavy (non-hydrogen) atoms. The summed E-state index contributed by atoms with van der Waals surface area (Å²) in [6.07, 6.45) is 3.23. The number of aromatic nitrogens is 1. The molecule has 7 nitrogen and oxygen atoms in total. The number of likely N-dealkylation sites (tertiary alicyclic amines) is 1. The summed E-state index contributed by atoms with van der Waals surface area (Å²) in [7, 11) is 1.87. The Bertz CT molecular complexity index is 463. The van der Waals surface area contributed by atoms with E-state index in [0.29, 0.717) is 19.1 Å². The number of nitrogens with zero attached hydrogens (tertiary/aromatic N) is 2. The average molecular weight is 289 g/mol. The van der Waals surface area contributed by atoms with E-state index in [0.717, 1.165) is 12.8 Å². The average Bonchev–Trinajstić information content (AvgIpc) is 2.87. The summed E-state index contributed by atoms with van der Waals surface area (Å²) < 4.78 is 0. The Morgan fingerprint density at radius 1 is 1.63 bits per heavy atom. The highest BCUT2D eigenvalue weighted by atomic mass is 35.5. The molecule has 1 amide bonds. The van der Waals surface area contributed by atoms with E-state index in [4.69, 9.17) is 0 Å². The first-order valence-electron chi connectivity index (χ1n) is 5.91. The number of H-pyrrole nitrogens is 1. The number of likely N-dealkylation sites (N-methyl/N-ethyl adjacent to an activating group) is 1. The van der Waals surface area contributed by atoms with Crippen LogP contribution in [-0.4, -0.2) is 46.9 Å². The van der Waals surface area contributed by atoms with Crippen molar-refractivity contribution in [3.05, 3.63) is 28.1 Å². The van der Waals surface area contributed by atoms with E-state index < -0.39 is 4.92 Å². The highest BCUT2D eigenvalue weighted by molar-refractivity contribution is 5.93. The molecule has 0 bridgehead atoms. The smallest absolute Gasteiger partial charge is 0.287 e. The van der Waals surface area contributed by atoms with E-state index in [9.17, 15) is 14.9 Å². The van der Waals surface area contributed by atoms with Gasteiger partial charge in [0.2, 0.25) is 0 Å². The minimum absolute atomic E-state index is 0. The van der Waals surface area contributed by atoms with E-state index >= 15 is 0 Å². The number of nitrogens with one attached hydrogen (secondary N) is 2. The van der Waals surface area contributed by atoms with Gasteiger partial charge in [-0.1, -0.05) is 0 Å². The number of carbonyl (C=O) groups excluding carboxylic acids is 1. The lowest BCUT2D eigenvalue weighted by Crippen LogP contribution is -2.47. The van der Waals surface area contributed by atoms with Gasteiger partial charge in [0.05, 0.1) is 11.1 Å². The van der Waals surface area contributed by atoms with Crippen LogP contribution in [0.3, 0.4) is 0 Å². The highest BCUT2D eigenvalue weighted by Gasteiger charge is 2.25. The second-order valence-electron chi connectivity index (χ2n) is 4.41. The molecule has 2 rings (SSSR count). The molecule has 1 aliphatic heterocycles. The molecule has 0 aliphatic carbocycles. The Balaban J connectivity index is 0.00000180. The van der Waals surface area contributed by atoms with Gasteiger partial charge in [-0.05, 0) is 19.9 Å². The Kier molecular flexibility index (Phi) is 5.31. The molecule has 1 aromatic heterocycles. The number of amides is 1. The van der Waals surface area contributed by atoms with Crippen molar-refractivity contribution < 1.29 is 9.72 Å². The number of piperidine rings is 1.